The number of alkyl carbamates (subject to hydrolysis) is 1. The first-order valence-corrected chi connectivity index (χ1v) is 11.6. The number of hydrogen-bond donors (Lipinski definition) is 3. The molecular formula is C26H30N2O7. The van der Waals surface area contributed by atoms with Gasteiger partial charge in [-0.3, -0.25) is 4.79 Å². The van der Waals surface area contributed by atoms with Crippen LogP contribution in [0.5, 0.6) is 0 Å². The van der Waals surface area contributed by atoms with Gasteiger partial charge in [0.1, 0.15) is 18.2 Å². The SMILES string of the molecule is CCC(COC)(NC(=O)OCC1c2ccccc2-c2ccccc21)C(=O)N1CC(O)C[C@H]1C(=O)O. The third-order valence-corrected chi connectivity index (χ3v) is 6.91. The molecule has 1 aliphatic carbocycles. The lowest BCUT2D eigenvalue weighted by Gasteiger charge is -2.36. The number of aliphatic hydroxyl groups is 1. The summed E-state index contributed by atoms with van der Waals surface area (Å²) in [4.78, 5) is 39.2. The van der Waals surface area contributed by atoms with Gasteiger partial charge in [-0.1, -0.05) is 55.5 Å². The fourth-order valence-corrected chi connectivity index (χ4v) is 5.12. The van der Waals surface area contributed by atoms with Crippen molar-refractivity contribution in [1.29, 1.82) is 0 Å². The number of rotatable bonds is 8. The first-order valence-electron chi connectivity index (χ1n) is 11.6. The van der Waals surface area contributed by atoms with Crippen LogP contribution in [0.25, 0.3) is 11.1 Å². The molecule has 1 saturated heterocycles. The first-order chi connectivity index (χ1) is 16.8. The predicted molar refractivity (Wildman–Crippen MR) is 127 cm³/mol. The summed E-state index contributed by atoms with van der Waals surface area (Å²) in [5.74, 6) is -1.98. The number of carboxylic acids is 1. The fourth-order valence-electron chi connectivity index (χ4n) is 5.12. The number of aliphatic hydroxyl groups excluding tert-OH is 1. The first kappa shape index (κ1) is 24.7. The molecule has 0 saturated carbocycles. The molecular weight excluding hydrogens is 452 g/mol. The molecule has 2 aliphatic rings. The van der Waals surface area contributed by atoms with Crippen molar-refractivity contribution in [2.24, 2.45) is 0 Å². The summed E-state index contributed by atoms with van der Waals surface area (Å²) >= 11 is 0. The van der Waals surface area contributed by atoms with E-state index in [9.17, 15) is 24.6 Å². The number of aliphatic carboxylic acids is 1. The Bertz CT molecular complexity index is 1070. The third kappa shape index (κ3) is 4.61. The maximum absolute atomic E-state index is 13.5. The van der Waals surface area contributed by atoms with Gasteiger partial charge in [-0.2, -0.15) is 0 Å². The Morgan fingerprint density at radius 1 is 1.09 bits per heavy atom. The van der Waals surface area contributed by atoms with Gasteiger partial charge in [-0.25, -0.2) is 9.59 Å². The summed E-state index contributed by atoms with van der Waals surface area (Å²) in [6.07, 6.45) is -1.68. The largest absolute Gasteiger partial charge is 0.480 e. The van der Waals surface area contributed by atoms with Crippen LogP contribution >= 0.6 is 0 Å². The van der Waals surface area contributed by atoms with Crippen LogP contribution in [0.4, 0.5) is 4.79 Å². The van der Waals surface area contributed by atoms with Crippen molar-refractivity contribution in [3.8, 4) is 11.1 Å². The highest BCUT2D eigenvalue weighted by Gasteiger charge is 2.48. The molecule has 1 fully saturated rings. The predicted octanol–water partition coefficient (Wildman–Crippen LogP) is 2.37. The van der Waals surface area contributed by atoms with Crippen LogP contribution < -0.4 is 5.32 Å². The van der Waals surface area contributed by atoms with E-state index in [4.69, 9.17) is 9.47 Å². The molecule has 0 spiro atoms. The second kappa shape index (κ2) is 10.1. The van der Waals surface area contributed by atoms with E-state index in [0.29, 0.717) is 0 Å². The molecule has 0 radical (unpaired) electrons. The van der Waals surface area contributed by atoms with E-state index in [1.165, 1.54) is 7.11 Å². The van der Waals surface area contributed by atoms with Gasteiger partial charge in [0.05, 0.1) is 12.7 Å². The topological polar surface area (TPSA) is 125 Å². The van der Waals surface area contributed by atoms with E-state index in [-0.39, 0.29) is 38.5 Å². The molecule has 9 nitrogen and oxygen atoms in total. The van der Waals surface area contributed by atoms with E-state index >= 15 is 0 Å². The number of fused-ring (bicyclic) bond motifs is 3. The van der Waals surface area contributed by atoms with Crippen LogP contribution in [0.15, 0.2) is 48.5 Å². The number of likely N-dealkylation sites (tertiary alicyclic amines) is 1. The smallest absolute Gasteiger partial charge is 0.408 e. The van der Waals surface area contributed by atoms with Gasteiger partial charge < -0.3 is 29.9 Å². The number of carbonyl (C=O) groups is 3. The molecule has 2 amide bonds. The molecule has 2 unspecified atom stereocenters. The van der Waals surface area contributed by atoms with Gasteiger partial charge in [0.25, 0.3) is 5.91 Å². The van der Waals surface area contributed by atoms with Gasteiger partial charge in [-0.05, 0) is 28.7 Å². The second-order valence-corrected chi connectivity index (χ2v) is 9.02. The number of hydrogen-bond acceptors (Lipinski definition) is 6. The number of methoxy groups -OCH3 is 1. The summed E-state index contributed by atoms with van der Waals surface area (Å²) in [6, 6.07) is 14.8. The van der Waals surface area contributed by atoms with Crippen LogP contribution in [-0.4, -0.2) is 77.6 Å². The summed E-state index contributed by atoms with van der Waals surface area (Å²) in [7, 11) is 1.39. The quantitative estimate of drug-likeness (QED) is 0.527. The zero-order chi connectivity index (χ0) is 25.2. The normalized spacial score (nSPS) is 20.6. The van der Waals surface area contributed by atoms with Crippen molar-refractivity contribution in [2.45, 2.75) is 43.4 Å². The number of carbonyl (C=O) groups excluding carboxylic acids is 2. The zero-order valence-electron chi connectivity index (χ0n) is 19.8. The number of β-amino-alcohol motifs (C(OH)–C–C–N with tert-alkyl or cyclic N) is 1. The van der Waals surface area contributed by atoms with Crippen molar-refractivity contribution in [2.75, 3.05) is 26.9 Å². The minimum Gasteiger partial charge on any atom is -0.480 e. The second-order valence-electron chi connectivity index (χ2n) is 9.02. The lowest BCUT2D eigenvalue weighted by Crippen LogP contribution is -2.63. The van der Waals surface area contributed by atoms with E-state index in [1.54, 1.807) is 6.92 Å². The third-order valence-electron chi connectivity index (χ3n) is 6.91. The number of benzene rings is 2. The van der Waals surface area contributed by atoms with E-state index in [1.807, 2.05) is 48.5 Å². The molecule has 2 aromatic carbocycles. The number of nitrogens with one attached hydrogen (secondary N) is 1. The maximum Gasteiger partial charge on any atom is 0.408 e. The van der Waals surface area contributed by atoms with Crippen LogP contribution in [0.2, 0.25) is 0 Å². The summed E-state index contributed by atoms with van der Waals surface area (Å²) < 4.78 is 10.9. The minimum atomic E-state index is -1.53. The summed E-state index contributed by atoms with van der Waals surface area (Å²) in [5, 5.41) is 22.2. The summed E-state index contributed by atoms with van der Waals surface area (Å²) in [5.41, 5.74) is 2.79. The van der Waals surface area contributed by atoms with E-state index < -0.39 is 35.7 Å². The maximum atomic E-state index is 13.5. The minimum absolute atomic E-state index is 0.0704. The molecule has 4 rings (SSSR count). The molecule has 35 heavy (non-hydrogen) atoms. The number of ether oxygens (including phenoxy) is 2. The monoisotopic (exact) mass is 482 g/mol. The highest BCUT2D eigenvalue weighted by molar-refractivity contribution is 5.93. The van der Waals surface area contributed by atoms with E-state index in [2.05, 4.69) is 5.32 Å². The highest BCUT2D eigenvalue weighted by Crippen LogP contribution is 2.44. The Balaban J connectivity index is 1.51. The van der Waals surface area contributed by atoms with Gasteiger partial charge in [0.2, 0.25) is 0 Å². The summed E-state index contributed by atoms with van der Waals surface area (Å²) in [6.45, 7) is 1.46. The number of amides is 2. The van der Waals surface area contributed by atoms with Crippen molar-refractivity contribution in [3.05, 3.63) is 59.7 Å². The van der Waals surface area contributed by atoms with Crippen molar-refractivity contribution < 1.29 is 34.1 Å². The molecule has 3 N–H and O–H groups in total. The van der Waals surface area contributed by atoms with Crippen LogP contribution in [0.3, 0.4) is 0 Å². The number of nitrogens with zero attached hydrogens (tertiary/aromatic N) is 1. The average molecular weight is 483 g/mol. The Kier molecular flexibility index (Phi) is 7.09. The van der Waals surface area contributed by atoms with Crippen molar-refractivity contribution in [3.63, 3.8) is 0 Å². The molecule has 1 aliphatic heterocycles. The highest BCUT2D eigenvalue weighted by atomic mass is 16.5. The van der Waals surface area contributed by atoms with Crippen molar-refractivity contribution >= 4 is 18.0 Å². The van der Waals surface area contributed by atoms with Gasteiger partial charge in [-0.15, -0.1) is 0 Å². The van der Waals surface area contributed by atoms with Gasteiger partial charge in [0.15, 0.2) is 0 Å². The Morgan fingerprint density at radius 2 is 1.69 bits per heavy atom. The number of carboxylic acid groups (broad SMARTS) is 1. The van der Waals surface area contributed by atoms with Crippen LogP contribution in [0, 0.1) is 0 Å². The molecule has 0 bridgehead atoms. The molecule has 2 aromatic rings. The lowest BCUT2D eigenvalue weighted by atomic mass is 9.94. The van der Waals surface area contributed by atoms with Crippen LogP contribution in [-0.2, 0) is 19.1 Å². The molecule has 3 atom stereocenters. The van der Waals surface area contributed by atoms with E-state index in [0.717, 1.165) is 27.2 Å². The molecule has 9 heteroatoms. The van der Waals surface area contributed by atoms with Crippen molar-refractivity contribution in [1.82, 2.24) is 10.2 Å². The van der Waals surface area contributed by atoms with Gasteiger partial charge in [0, 0.05) is 26.0 Å². The fraction of sp³-hybridized carbons (Fsp3) is 0.423. The Morgan fingerprint density at radius 3 is 2.23 bits per heavy atom. The Hall–Kier alpha value is -3.43. The zero-order valence-corrected chi connectivity index (χ0v) is 19.8. The van der Waals surface area contributed by atoms with Gasteiger partial charge >= 0.3 is 12.1 Å². The average Bonchev–Trinajstić information content (AvgIpc) is 3.40. The lowest BCUT2D eigenvalue weighted by molar-refractivity contribution is -0.152. The Labute approximate surface area is 203 Å². The molecule has 1 heterocycles. The molecule has 186 valence electrons. The molecule has 0 aromatic heterocycles. The van der Waals surface area contributed by atoms with Crippen LogP contribution in [0.1, 0.15) is 36.8 Å². The standard InChI is InChI=1S/C26H30N2O7/c1-3-26(15-34-2,24(32)28-13-16(29)12-22(28)23(30)31)27-25(33)35-14-21-19-10-6-4-8-17(19)18-9-5-7-11-20(18)21/h4-11,16,21-22,29H,3,12-15H2,1-2H3,(H,27,33)(H,30,31)/t16?,22-,26?/m0/s1.